The van der Waals surface area contributed by atoms with Gasteiger partial charge in [0.2, 0.25) is 5.91 Å². The van der Waals surface area contributed by atoms with Crippen molar-refractivity contribution >= 4 is 43.4 Å². The zero-order chi connectivity index (χ0) is 19.0. The summed E-state index contributed by atoms with van der Waals surface area (Å²) in [6.07, 6.45) is 0.743. The molecule has 2 rings (SSSR count). The molecule has 9 heteroatoms. The summed E-state index contributed by atoms with van der Waals surface area (Å²) in [6.45, 7) is 5.13. The maximum atomic E-state index is 12.8. The van der Waals surface area contributed by atoms with Gasteiger partial charge in [-0.05, 0) is 53.9 Å². The van der Waals surface area contributed by atoms with Crippen molar-refractivity contribution < 1.29 is 18.3 Å². The Morgan fingerprint density at radius 2 is 2.08 bits per heavy atom. The SMILES string of the molecule is CN=C(CC(C)(C)O)NS(=O)(=O)c1cc2c(cc1Br)CCN2C(C)=O. The third kappa shape index (κ3) is 4.59. The molecule has 0 aromatic heterocycles. The minimum Gasteiger partial charge on any atom is -0.390 e. The van der Waals surface area contributed by atoms with Gasteiger partial charge >= 0.3 is 0 Å². The number of nitrogens with one attached hydrogen (secondary N) is 1. The molecule has 0 saturated heterocycles. The molecule has 1 amide bonds. The van der Waals surface area contributed by atoms with Crippen LogP contribution in [-0.2, 0) is 21.2 Å². The van der Waals surface area contributed by atoms with Crippen LogP contribution < -0.4 is 9.62 Å². The maximum absolute atomic E-state index is 12.8. The molecular weight excluding hydrogens is 410 g/mol. The van der Waals surface area contributed by atoms with Crippen LogP contribution in [0.1, 0.15) is 32.8 Å². The normalized spacial score (nSPS) is 15.3. The topological polar surface area (TPSA) is 99.1 Å². The van der Waals surface area contributed by atoms with Gasteiger partial charge in [0.05, 0.1) is 5.60 Å². The molecule has 0 fully saturated rings. The molecular formula is C16H22BrN3O4S. The van der Waals surface area contributed by atoms with Crippen LogP contribution in [0, 0.1) is 0 Å². The number of carbonyl (C=O) groups is 1. The Morgan fingerprint density at radius 3 is 2.60 bits per heavy atom. The fourth-order valence-corrected chi connectivity index (χ4v) is 4.90. The zero-order valence-corrected chi connectivity index (χ0v) is 17.0. The number of aliphatic hydroxyl groups is 1. The second-order valence-corrected chi connectivity index (χ2v) is 9.10. The van der Waals surface area contributed by atoms with Crippen LogP contribution in [0.4, 0.5) is 5.69 Å². The number of nitrogens with zero attached hydrogens (tertiary/aromatic N) is 2. The number of rotatable bonds is 4. The van der Waals surface area contributed by atoms with Gasteiger partial charge in [-0.25, -0.2) is 8.42 Å². The standard InChI is InChI=1S/C16H22BrN3O4S/c1-10(21)20-6-5-11-7-12(17)14(8-13(11)20)25(23,24)19-15(18-4)9-16(2,3)22/h7-8,22H,5-6,9H2,1-4H3,(H,18,19). The van der Waals surface area contributed by atoms with Gasteiger partial charge in [0.15, 0.2) is 0 Å². The number of benzene rings is 1. The molecule has 0 atom stereocenters. The Kier molecular flexibility index (Phi) is 5.60. The Morgan fingerprint density at radius 1 is 1.44 bits per heavy atom. The van der Waals surface area contributed by atoms with E-state index >= 15 is 0 Å². The summed E-state index contributed by atoms with van der Waals surface area (Å²) in [5.74, 6) is 0.0264. The van der Waals surface area contributed by atoms with Gasteiger partial charge in [-0.1, -0.05) is 0 Å². The second kappa shape index (κ2) is 7.05. The minimum atomic E-state index is -3.92. The van der Waals surface area contributed by atoms with Crippen molar-refractivity contribution in [2.24, 2.45) is 4.99 Å². The molecule has 25 heavy (non-hydrogen) atoms. The van der Waals surface area contributed by atoms with E-state index in [-0.39, 0.29) is 23.1 Å². The molecule has 0 unspecified atom stereocenters. The quantitative estimate of drug-likeness (QED) is 0.560. The largest absolute Gasteiger partial charge is 0.390 e. The van der Waals surface area contributed by atoms with Crippen molar-refractivity contribution in [3.63, 3.8) is 0 Å². The summed E-state index contributed by atoms with van der Waals surface area (Å²) in [6, 6.07) is 3.22. The predicted octanol–water partition coefficient (Wildman–Crippen LogP) is 1.83. The highest BCUT2D eigenvalue weighted by Gasteiger charge is 2.28. The summed E-state index contributed by atoms with van der Waals surface area (Å²) >= 11 is 3.30. The number of amides is 1. The zero-order valence-electron chi connectivity index (χ0n) is 14.6. The lowest BCUT2D eigenvalue weighted by Crippen LogP contribution is -2.36. The smallest absolute Gasteiger partial charge is 0.263 e. The van der Waals surface area contributed by atoms with Gasteiger partial charge in [0.1, 0.15) is 10.7 Å². The lowest BCUT2D eigenvalue weighted by Gasteiger charge is -2.20. The third-order valence-corrected chi connectivity index (χ3v) is 6.16. The van der Waals surface area contributed by atoms with Gasteiger partial charge in [0.25, 0.3) is 10.0 Å². The van der Waals surface area contributed by atoms with E-state index in [9.17, 15) is 18.3 Å². The van der Waals surface area contributed by atoms with Crippen LogP contribution in [0.5, 0.6) is 0 Å². The molecule has 138 valence electrons. The van der Waals surface area contributed by atoms with Crippen molar-refractivity contribution in [2.45, 2.75) is 44.1 Å². The van der Waals surface area contributed by atoms with E-state index < -0.39 is 15.6 Å². The number of hydrogen-bond acceptors (Lipinski definition) is 5. The van der Waals surface area contributed by atoms with Crippen molar-refractivity contribution in [3.8, 4) is 0 Å². The van der Waals surface area contributed by atoms with Crippen molar-refractivity contribution in [3.05, 3.63) is 22.2 Å². The van der Waals surface area contributed by atoms with E-state index in [1.165, 1.54) is 20.0 Å². The van der Waals surface area contributed by atoms with E-state index in [0.717, 1.165) is 5.56 Å². The van der Waals surface area contributed by atoms with Crippen LogP contribution in [0.3, 0.4) is 0 Å². The Labute approximate surface area is 156 Å². The van der Waals surface area contributed by atoms with Gasteiger partial charge in [-0.2, -0.15) is 0 Å². The Balaban J connectivity index is 2.40. The van der Waals surface area contributed by atoms with Crippen molar-refractivity contribution in [2.75, 3.05) is 18.5 Å². The lowest BCUT2D eigenvalue weighted by molar-refractivity contribution is -0.116. The summed E-state index contributed by atoms with van der Waals surface area (Å²) in [4.78, 5) is 17.2. The van der Waals surface area contributed by atoms with E-state index in [0.29, 0.717) is 23.1 Å². The fraction of sp³-hybridized carbons (Fsp3) is 0.500. The highest BCUT2D eigenvalue weighted by atomic mass is 79.9. The molecule has 0 bridgehead atoms. The lowest BCUT2D eigenvalue weighted by atomic mass is 10.1. The molecule has 0 saturated carbocycles. The van der Waals surface area contributed by atoms with E-state index in [1.54, 1.807) is 24.8 Å². The van der Waals surface area contributed by atoms with Gasteiger partial charge in [-0.3, -0.25) is 14.5 Å². The monoisotopic (exact) mass is 431 g/mol. The number of carbonyl (C=O) groups excluding carboxylic acids is 1. The number of halogens is 1. The first kappa shape index (κ1) is 19.9. The number of fused-ring (bicyclic) bond motifs is 1. The molecule has 1 aliphatic heterocycles. The van der Waals surface area contributed by atoms with E-state index in [1.807, 2.05) is 0 Å². The molecule has 1 aromatic rings. The second-order valence-electron chi connectivity index (χ2n) is 6.60. The van der Waals surface area contributed by atoms with Crippen LogP contribution in [0.15, 0.2) is 26.5 Å². The molecule has 0 spiro atoms. The Bertz CT molecular complexity index is 829. The number of aliphatic imine (C=N–C) groups is 1. The predicted molar refractivity (Wildman–Crippen MR) is 100 cm³/mol. The first-order valence-electron chi connectivity index (χ1n) is 7.76. The molecule has 1 aliphatic rings. The van der Waals surface area contributed by atoms with E-state index in [4.69, 9.17) is 0 Å². The van der Waals surface area contributed by atoms with Crippen LogP contribution >= 0.6 is 15.9 Å². The molecule has 1 heterocycles. The van der Waals surface area contributed by atoms with Crippen molar-refractivity contribution in [1.82, 2.24) is 4.72 Å². The van der Waals surface area contributed by atoms with Gasteiger partial charge in [0, 0.05) is 37.1 Å². The van der Waals surface area contributed by atoms with Crippen molar-refractivity contribution in [1.29, 1.82) is 0 Å². The van der Waals surface area contributed by atoms with E-state index in [2.05, 4.69) is 25.6 Å². The maximum Gasteiger partial charge on any atom is 0.263 e. The van der Waals surface area contributed by atoms with Gasteiger partial charge < -0.3 is 10.0 Å². The molecule has 0 aliphatic carbocycles. The van der Waals surface area contributed by atoms with Crippen LogP contribution in [0.2, 0.25) is 0 Å². The summed E-state index contributed by atoms with van der Waals surface area (Å²) in [5, 5.41) is 9.89. The highest BCUT2D eigenvalue weighted by Crippen LogP contribution is 2.35. The molecule has 7 nitrogen and oxygen atoms in total. The Hall–Kier alpha value is -1.45. The van der Waals surface area contributed by atoms with Crippen LogP contribution in [0.25, 0.3) is 0 Å². The highest BCUT2D eigenvalue weighted by molar-refractivity contribution is 9.10. The van der Waals surface area contributed by atoms with Gasteiger partial charge in [-0.15, -0.1) is 0 Å². The molecule has 2 N–H and O–H groups in total. The summed E-state index contributed by atoms with van der Waals surface area (Å²) in [7, 11) is -2.46. The average Bonchev–Trinajstić information content (AvgIpc) is 2.86. The molecule has 1 aromatic carbocycles. The average molecular weight is 432 g/mol. The number of anilines is 1. The summed E-state index contributed by atoms with van der Waals surface area (Å²) < 4.78 is 28.4. The number of sulfonamides is 1. The molecule has 0 radical (unpaired) electrons. The fourth-order valence-electron chi connectivity index (χ4n) is 2.70. The number of hydrogen-bond donors (Lipinski definition) is 2. The minimum absolute atomic E-state index is 0.0243. The summed E-state index contributed by atoms with van der Waals surface area (Å²) in [5.41, 5.74) is 0.424. The first-order valence-corrected chi connectivity index (χ1v) is 10.0. The first-order chi connectivity index (χ1) is 11.4. The van der Waals surface area contributed by atoms with Crippen LogP contribution in [-0.4, -0.2) is 44.5 Å². The number of amidine groups is 1. The third-order valence-electron chi connectivity index (χ3n) is 3.82.